The monoisotopic (exact) mass is 349 g/mol. The van der Waals surface area contributed by atoms with Gasteiger partial charge in [-0.3, -0.25) is 0 Å². The molecule has 0 saturated carbocycles. The number of nitrogens with zero attached hydrogens (tertiary/aromatic N) is 7. The van der Waals surface area contributed by atoms with Crippen molar-refractivity contribution >= 4 is 17.5 Å². The van der Waals surface area contributed by atoms with E-state index in [1.165, 1.54) is 12.8 Å². The normalized spacial score (nSPS) is 17.5. The van der Waals surface area contributed by atoms with Crippen LogP contribution in [-0.2, 0) is 0 Å². The van der Waals surface area contributed by atoms with Gasteiger partial charge in [0.25, 0.3) is 0 Å². The van der Waals surface area contributed by atoms with Crippen LogP contribution < -0.4 is 14.7 Å². The van der Waals surface area contributed by atoms with Gasteiger partial charge in [0.05, 0.1) is 5.69 Å². The minimum atomic E-state index is 0.490. The van der Waals surface area contributed by atoms with E-state index in [4.69, 9.17) is 4.98 Å². The Hall–Kier alpha value is -2.88. The lowest BCUT2D eigenvalue weighted by molar-refractivity contribution is 0.637. The standard InChI is InChI=1S/C19H23N7/c1-15-13-18(25-7-2-3-8-25)23-19(22-15)26-11-9-24(10-12-26)17-5-4-6-21-16(17)14-20/h4-6,13H,2-3,7-12H2,1H3. The van der Waals surface area contributed by atoms with Crippen LogP contribution in [0, 0.1) is 18.3 Å². The SMILES string of the molecule is Cc1cc(N2CCCC2)nc(N2CCN(c3cccnc3C#N)CC2)n1. The highest BCUT2D eigenvalue weighted by Gasteiger charge is 2.23. The molecule has 2 aromatic heterocycles. The van der Waals surface area contributed by atoms with Gasteiger partial charge in [0.2, 0.25) is 5.95 Å². The van der Waals surface area contributed by atoms with Crippen molar-refractivity contribution in [3.8, 4) is 6.07 Å². The Morgan fingerprint density at radius 2 is 1.69 bits per heavy atom. The van der Waals surface area contributed by atoms with Gasteiger partial charge in [0.1, 0.15) is 11.9 Å². The topological polar surface area (TPSA) is 72.2 Å². The Morgan fingerprint density at radius 3 is 2.42 bits per heavy atom. The Labute approximate surface area is 153 Å². The fourth-order valence-corrected chi connectivity index (χ4v) is 3.67. The third kappa shape index (κ3) is 3.27. The van der Waals surface area contributed by atoms with Gasteiger partial charge in [0.15, 0.2) is 5.69 Å². The molecule has 0 atom stereocenters. The zero-order valence-corrected chi connectivity index (χ0v) is 15.1. The molecule has 26 heavy (non-hydrogen) atoms. The minimum absolute atomic E-state index is 0.490. The number of anilines is 3. The highest BCUT2D eigenvalue weighted by Crippen LogP contribution is 2.24. The summed E-state index contributed by atoms with van der Waals surface area (Å²) in [6.07, 6.45) is 4.14. The number of aromatic nitrogens is 3. The molecule has 4 rings (SSSR count). The number of aryl methyl sites for hydroxylation is 1. The number of nitriles is 1. The molecule has 0 spiro atoms. The van der Waals surface area contributed by atoms with Crippen LogP contribution in [0.2, 0.25) is 0 Å². The molecular formula is C19H23N7. The summed E-state index contributed by atoms with van der Waals surface area (Å²) in [5.74, 6) is 1.87. The largest absolute Gasteiger partial charge is 0.366 e. The summed E-state index contributed by atoms with van der Waals surface area (Å²) < 4.78 is 0. The maximum atomic E-state index is 9.27. The van der Waals surface area contributed by atoms with E-state index in [0.29, 0.717) is 5.69 Å². The number of hydrogen-bond acceptors (Lipinski definition) is 7. The summed E-state index contributed by atoms with van der Waals surface area (Å²) in [5, 5.41) is 9.27. The van der Waals surface area contributed by atoms with Gasteiger partial charge in [0, 0.05) is 57.2 Å². The fraction of sp³-hybridized carbons (Fsp3) is 0.474. The second kappa shape index (κ2) is 7.16. The molecule has 7 heteroatoms. The van der Waals surface area contributed by atoms with Crippen LogP contribution in [0.15, 0.2) is 24.4 Å². The molecular weight excluding hydrogens is 326 g/mol. The van der Waals surface area contributed by atoms with Gasteiger partial charge in [-0.05, 0) is 31.9 Å². The van der Waals surface area contributed by atoms with Crippen molar-refractivity contribution in [1.29, 1.82) is 5.26 Å². The average Bonchev–Trinajstić information content (AvgIpc) is 3.22. The van der Waals surface area contributed by atoms with Crippen LogP contribution >= 0.6 is 0 Å². The highest BCUT2D eigenvalue weighted by atomic mass is 15.3. The first-order chi connectivity index (χ1) is 12.7. The van der Waals surface area contributed by atoms with Crippen molar-refractivity contribution in [3.05, 3.63) is 35.8 Å². The van der Waals surface area contributed by atoms with Crippen LogP contribution in [0.5, 0.6) is 0 Å². The first kappa shape index (κ1) is 16.6. The zero-order chi connectivity index (χ0) is 17.9. The van der Waals surface area contributed by atoms with Gasteiger partial charge < -0.3 is 14.7 Å². The molecule has 2 aliphatic rings. The van der Waals surface area contributed by atoms with E-state index in [-0.39, 0.29) is 0 Å². The number of rotatable bonds is 3. The van der Waals surface area contributed by atoms with Gasteiger partial charge in [-0.25, -0.2) is 9.97 Å². The molecule has 2 aromatic rings. The lowest BCUT2D eigenvalue weighted by atomic mass is 10.2. The van der Waals surface area contributed by atoms with E-state index >= 15 is 0 Å². The first-order valence-electron chi connectivity index (χ1n) is 9.20. The Bertz CT molecular complexity index is 815. The van der Waals surface area contributed by atoms with E-state index < -0.39 is 0 Å². The zero-order valence-electron chi connectivity index (χ0n) is 15.1. The molecule has 7 nitrogen and oxygen atoms in total. The van der Waals surface area contributed by atoms with Crippen LogP contribution in [0.3, 0.4) is 0 Å². The van der Waals surface area contributed by atoms with Crippen molar-refractivity contribution in [3.63, 3.8) is 0 Å². The van der Waals surface area contributed by atoms with Crippen LogP contribution in [-0.4, -0.2) is 54.2 Å². The Kier molecular flexibility index (Phi) is 4.57. The molecule has 2 aliphatic heterocycles. The smallest absolute Gasteiger partial charge is 0.227 e. The molecule has 0 aromatic carbocycles. The number of hydrogen-bond donors (Lipinski definition) is 0. The van der Waals surface area contributed by atoms with Crippen molar-refractivity contribution in [2.45, 2.75) is 19.8 Å². The van der Waals surface area contributed by atoms with Gasteiger partial charge >= 0.3 is 0 Å². The average molecular weight is 349 g/mol. The molecule has 0 N–H and O–H groups in total. The van der Waals surface area contributed by atoms with Gasteiger partial charge in [-0.1, -0.05) is 0 Å². The summed E-state index contributed by atoms with van der Waals surface area (Å²) in [4.78, 5) is 20.5. The molecule has 0 unspecified atom stereocenters. The molecule has 0 bridgehead atoms. The first-order valence-corrected chi connectivity index (χ1v) is 9.20. The molecule has 0 radical (unpaired) electrons. The summed E-state index contributed by atoms with van der Waals surface area (Å²) in [6, 6.07) is 8.12. The van der Waals surface area contributed by atoms with Crippen molar-refractivity contribution < 1.29 is 0 Å². The van der Waals surface area contributed by atoms with E-state index in [2.05, 4.69) is 36.8 Å². The molecule has 4 heterocycles. The lowest BCUT2D eigenvalue weighted by Crippen LogP contribution is -2.47. The summed E-state index contributed by atoms with van der Waals surface area (Å²) in [5.41, 5.74) is 2.42. The molecule has 0 aliphatic carbocycles. The quantitative estimate of drug-likeness (QED) is 0.839. The van der Waals surface area contributed by atoms with Gasteiger partial charge in [-0.2, -0.15) is 10.2 Å². The van der Waals surface area contributed by atoms with E-state index in [1.807, 2.05) is 19.1 Å². The van der Waals surface area contributed by atoms with E-state index in [1.54, 1.807) is 6.20 Å². The van der Waals surface area contributed by atoms with E-state index in [0.717, 1.165) is 62.4 Å². The predicted molar refractivity (Wildman–Crippen MR) is 102 cm³/mol. The maximum Gasteiger partial charge on any atom is 0.227 e. The summed E-state index contributed by atoms with van der Waals surface area (Å²) in [7, 11) is 0. The Morgan fingerprint density at radius 1 is 0.962 bits per heavy atom. The van der Waals surface area contributed by atoms with Crippen LogP contribution in [0.4, 0.5) is 17.5 Å². The molecule has 134 valence electrons. The van der Waals surface area contributed by atoms with Crippen LogP contribution in [0.1, 0.15) is 24.2 Å². The lowest BCUT2D eigenvalue weighted by Gasteiger charge is -2.36. The third-order valence-electron chi connectivity index (χ3n) is 5.05. The number of pyridine rings is 1. The van der Waals surface area contributed by atoms with Gasteiger partial charge in [-0.15, -0.1) is 0 Å². The third-order valence-corrected chi connectivity index (χ3v) is 5.05. The number of piperazine rings is 1. The second-order valence-corrected chi connectivity index (χ2v) is 6.82. The maximum absolute atomic E-state index is 9.27. The second-order valence-electron chi connectivity index (χ2n) is 6.82. The molecule has 2 saturated heterocycles. The highest BCUT2D eigenvalue weighted by molar-refractivity contribution is 5.57. The minimum Gasteiger partial charge on any atom is -0.366 e. The van der Waals surface area contributed by atoms with Crippen molar-refractivity contribution in [1.82, 2.24) is 15.0 Å². The summed E-state index contributed by atoms with van der Waals surface area (Å²) in [6.45, 7) is 7.54. The molecule has 2 fully saturated rings. The predicted octanol–water partition coefficient (Wildman–Crippen LogP) is 1.98. The molecule has 0 amide bonds. The van der Waals surface area contributed by atoms with E-state index in [9.17, 15) is 5.26 Å². The summed E-state index contributed by atoms with van der Waals surface area (Å²) >= 11 is 0. The van der Waals surface area contributed by atoms with Crippen LogP contribution in [0.25, 0.3) is 0 Å². The van der Waals surface area contributed by atoms with Crippen molar-refractivity contribution in [2.75, 3.05) is 54.0 Å². The fourth-order valence-electron chi connectivity index (χ4n) is 3.67. The Balaban J connectivity index is 1.49. The van der Waals surface area contributed by atoms with Crippen molar-refractivity contribution in [2.24, 2.45) is 0 Å².